The van der Waals surface area contributed by atoms with Crippen LogP contribution in [-0.2, 0) is 17.1 Å². The maximum Gasteiger partial charge on any atom is 0.282 e. The molecule has 0 saturated heterocycles. The first kappa shape index (κ1) is 13.2. The maximum atomic E-state index is 12.1. The Kier molecular flexibility index (Phi) is 3.55. The first-order valence-corrected chi connectivity index (χ1v) is 7.26. The van der Waals surface area contributed by atoms with Gasteiger partial charge in [0.2, 0.25) is 5.03 Å². The molecule has 0 unspecified atom stereocenters. The van der Waals surface area contributed by atoms with Gasteiger partial charge < -0.3 is 0 Å². The summed E-state index contributed by atoms with van der Waals surface area (Å²) in [4.78, 5) is 3.78. The summed E-state index contributed by atoms with van der Waals surface area (Å²) in [7, 11) is -2.37. The number of sulfonamides is 1. The van der Waals surface area contributed by atoms with E-state index in [1.165, 1.54) is 19.3 Å². The summed E-state index contributed by atoms with van der Waals surface area (Å²) >= 11 is 8.81. The molecule has 2 heterocycles. The average molecular weight is 353 g/mol. The Labute approximate surface area is 116 Å². The van der Waals surface area contributed by atoms with Crippen molar-refractivity contribution in [2.75, 3.05) is 4.72 Å². The number of anilines is 1. The van der Waals surface area contributed by atoms with Crippen molar-refractivity contribution < 1.29 is 8.42 Å². The Morgan fingerprint density at radius 1 is 1.50 bits per heavy atom. The molecule has 2 rings (SSSR count). The Morgan fingerprint density at radius 2 is 2.22 bits per heavy atom. The van der Waals surface area contributed by atoms with Crippen LogP contribution >= 0.6 is 27.5 Å². The van der Waals surface area contributed by atoms with Crippen LogP contribution < -0.4 is 4.72 Å². The molecule has 96 valence electrons. The van der Waals surface area contributed by atoms with Crippen molar-refractivity contribution in [3.05, 3.63) is 28.1 Å². The van der Waals surface area contributed by atoms with Gasteiger partial charge in [0.05, 0.1) is 5.69 Å². The highest BCUT2D eigenvalue weighted by Crippen LogP contribution is 2.24. The van der Waals surface area contributed by atoms with E-state index < -0.39 is 10.0 Å². The molecule has 0 aliphatic heterocycles. The lowest BCUT2D eigenvalue weighted by Gasteiger charge is -2.08. The van der Waals surface area contributed by atoms with Crippen LogP contribution in [0.25, 0.3) is 0 Å². The molecule has 2 aromatic heterocycles. The monoisotopic (exact) mass is 351 g/mol. The predicted octanol–water partition coefficient (Wildman–Crippen LogP) is 1.43. The molecule has 0 fully saturated rings. The second-order valence-electron chi connectivity index (χ2n) is 3.26. The van der Waals surface area contributed by atoms with E-state index in [2.05, 4.69) is 35.9 Å². The highest BCUT2D eigenvalue weighted by Gasteiger charge is 2.24. The summed E-state index contributed by atoms with van der Waals surface area (Å²) in [5.74, 6) is 0. The standard InChI is InChI=1S/C8H7BrClN5O2S/c1-15-8(6(9)12-14-15)18(16,17)13-5-3-2-4-11-7(5)10/h2-4,13H,1H3. The number of hydrogen-bond acceptors (Lipinski definition) is 5. The number of nitrogens with one attached hydrogen (secondary N) is 1. The van der Waals surface area contributed by atoms with Gasteiger partial charge in [-0.25, -0.2) is 9.67 Å². The largest absolute Gasteiger partial charge is 0.282 e. The van der Waals surface area contributed by atoms with Crippen molar-refractivity contribution >= 4 is 43.2 Å². The summed E-state index contributed by atoms with van der Waals surface area (Å²) in [5.41, 5.74) is 0.187. The SMILES string of the molecule is Cn1nnc(Br)c1S(=O)(=O)Nc1cccnc1Cl. The average Bonchev–Trinajstić information content (AvgIpc) is 2.62. The quantitative estimate of drug-likeness (QED) is 0.844. The zero-order chi connectivity index (χ0) is 13.3. The number of halogens is 2. The van der Waals surface area contributed by atoms with Crippen LogP contribution in [0.1, 0.15) is 0 Å². The van der Waals surface area contributed by atoms with Crippen LogP contribution in [0.15, 0.2) is 28.0 Å². The van der Waals surface area contributed by atoms with Gasteiger partial charge in [-0.1, -0.05) is 16.8 Å². The Bertz CT molecular complexity index is 667. The van der Waals surface area contributed by atoms with Crippen molar-refractivity contribution in [3.8, 4) is 0 Å². The molecule has 0 saturated carbocycles. The minimum absolute atomic E-state index is 0.0623. The molecule has 0 spiro atoms. The van der Waals surface area contributed by atoms with Gasteiger partial charge in [-0.05, 0) is 28.1 Å². The predicted molar refractivity (Wildman–Crippen MR) is 68.8 cm³/mol. The van der Waals surface area contributed by atoms with Gasteiger partial charge in [-0.2, -0.15) is 8.42 Å². The number of nitrogens with zero attached hydrogens (tertiary/aromatic N) is 4. The van der Waals surface area contributed by atoms with Crippen molar-refractivity contribution in [2.45, 2.75) is 5.03 Å². The van der Waals surface area contributed by atoms with Gasteiger partial charge in [-0.15, -0.1) is 5.10 Å². The Morgan fingerprint density at radius 3 is 2.78 bits per heavy atom. The van der Waals surface area contributed by atoms with Gasteiger partial charge in [0.25, 0.3) is 10.0 Å². The van der Waals surface area contributed by atoms with Crippen molar-refractivity contribution in [3.63, 3.8) is 0 Å². The molecule has 1 N–H and O–H groups in total. The lowest BCUT2D eigenvalue weighted by Crippen LogP contribution is -2.17. The topological polar surface area (TPSA) is 89.8 Å². The summed E-state index contributed by atoms with van der Waals surface area (Å²) in [5, 5.41) is 7.17. The van der Waals surface area contributed by atoms with Crippen LogP contribution in [0.4, 0.5) is 5.69 Å². The highest BCUT2D eigenvalue weighted by molar-refractivity contribution is 9.10. The third-order valence-electron chi connectivity index (χ3n) is 2.00. The van der Waals surface area contributed by atoms with Gasteiger partial charge in [-0.3, -0.25) is 4.72 Å². The third-order valence-corrected chi connectivity index (χ3v) is 4.55. The molecule has 0 bridgehead atoms. The molecule has 2 aromatic rings. The minimum atomic E-state index is -3.84. The molecule has 18 heavy (non-hydrogen) atoms. The molecule has 10 heteroatoms. The molecule has 7 nitrogen and oxygen atoms in total. The molecule has 0 amide bonds. The molecule has 0 atom stereocenters. The second kappa shape index (κ2) is 4.82. The van der Waals surface area contributed by atoms with E-state index in [-0.39, 0.29) is 20.5 Å². The van der Waals surface area contributed by atoms with E-state index in [0.717, 1.165) is 4.68 Å². The van der Waals surface area contributed by atoms with Crippen molar-refractivity contribution in [1.29, 1.82) is 0 Å². The Balaban J connectivity index is 2.43. The third kappa shape index (κ3) is 2.47. The van der Waals surface area contributed by atoms with Gasteiger partial charge >= 0.3 is 0 Å². The molecule has 0 aromatic carbocycles. The lowest BCUT2D eigenvalue weighted by atomic mass is 10.4. The summed E-state index contributed by atoms with van der Waals surface area (Å²) in [6, 6.07) is 3.07. The molecular weight excluding hydrogens is 346 g/mol. The zero-order valence-corrected chi connectivity index (χ0v) is 12.2. The molecular formula is C8H7BrClN5O2S. The van der Waals surface area contributed by atoms with Gasteiger partial charge in [0, 0.05) is 13.2 Å². The zero-order valence-electron chi connectivity index (χ0n) is 9.00. The number of rotatable bonds is 3. The van der Waals surface area contributed by atoms with Crippen LogP contribution in [0, 0.1) is 0 Å². The molecule has 0 aliphatic rings. The van der Waals surface area contributed by atoms with E-state index >= 15 is 0 Å². The highest BCUT2D eigenvalue weighted by atomic mass is 79.9. The minimum Gasteiger partial charge on any atom is -0.275 e. The first-order chi connectivity index (χ1) is 8.42. The fraction of sp³-hybridized carbons (Fsp3) is 0.125. The summed E-state index contributed by atoms with van der Waals surface area (Å²) in [6.07, 6.45) is 1.46. The second-order valence-corrected chi connectivity index (χ2v) is 5.96. The fourth-order valence-corrected chi connectivity index (χ4v) is 3.65. The van der Waals surface area contributed by atoms with Gasteiger partial charge in [0.15, 0.2) is 9.76 Å². The van der Waals surface area contributed by atoms with Crippen LogP contribution in [0.2, 0.25) is 5.15 Å². The van der Waals surface area contributed by atoms with Crippen LogP contribution in [0.3, 0.4) is 0 Å². The van der Waals surface area contributed by atoms with Gasteiger partial charge in [0.1, 0.15) is 0 Å². The maximum absolute atomic E-state index is 12.1. The summed E-state index contributed by atoms with van der Waals surface area (Å²) in [6.45, 7) is 0. The van der Waals surface area contributed by atoms with E-state index in [4.69, 9.17) is 11.6 Å². The number of aryl methyl sites for hydroxylation is 1. The summed E-state index contributed by atoms with van der Waals surface area (Å²) < 4.78 is 27.8. The number of hydrogen-bond donors (Lipinski definition) is 1. The van der Waals surface area contributed by atoms with E-state index in [1.54, 1.807) is 6.07 Å². The fourth-order valence-electron chi connectivity index (χ4n) is 1.26. The molecule has 0 radical (unpaired) electrons. The lowest BCUT2D eigenvalue weighted by molar-refractivity contribution is 0.578. The van der Waals surface area contributed by atoms with E-state index in [1.807, 2.05) is 0 Å². The Hall–Kier alpha value is -1.19. The molecule has 0 aliphatic carbocycles. The van der Waals surface area contributed by atoms with E-state index in [9.17, 15) is 8.42 Å². The number of aromatic nitrogens is 4. The van der Waals surface area contributed by atoms with E-state index in [0.29, 0.717) is 0 Å². The smallest absolute Gasteiger partial charge is 0.275 e. The van der Waals surface area contributed by atoms with Crippen LogP contribution in [0.5, 0.6) is 0 Å². The van der Waals surface area contributed by atoms with Crippen LogP contribution in [-0.4, -0.2) is 28.4 Å². The van der Waals surface area contributed by atoms with Crippen molar-refractivity contribution in [2.24, 2.45) is 7.05 Å². The first-order valence-electron chi connectivity index (χ1n) is 4.60. The number of pyridine rings is 1. The normalized spacial score (nSPS) is 11.5. The van der Waals surface area contributed by atoms with Crippen molar-refractivity contribution in [1.82, 2.24) is 20.0 Å².